The van der Waals surface area contributed by atoms with Crippen molar-refractivity contribution in [2.75, 3.05) is 27.4 Å². The fourth-order valence-corrected chi connectivity index (χ4v) is 13.1. The van der Waals surface area contributed by atoms with E-state index in [0.717, 1.165) is 82.0 Å². The van der Waals surface area contributed by atoms with Gasteiger partial charge in [0.2, 0.25) is 0 Å². The monoisotopic (exact) mass is 1060 g/mol. The van der Waals surface area contributed by atoms with Gasteiger partial charge in [0.25, 0.3) is 0 Å². The number of aliphatic hydroxyl groups excluding tert-OH is 2. The number of benzene rings is 6. The number of aliphatic hydroxyl groups is 2. The van der Waals surface area contributed by atoms with Gasteiger partial charge in [-0.1, -0.05) is 101 Å². The SMILES string of the molecule is CCC(C)OC(=O)CCCCCOC(=O)CCC(=O)CCOc1ccc(C2(c3ccc(OC)cc3)C=Cc3c4c(c5cc(-c6ccc(CO)cc6OC)c(CO)cc5c3O2)-c2ccccc2C42CC(C)(C)CC(C)(C)C2)cc1. The van der Waals surface area contributed by atoms with Gasteiger partial charge in [-0.2, -0.15) is 0 Å². The van der Waals surface area contributed by atoms with E-state index < -0.39 is 11.6 Å². The van der Waals surface area contributed by atoms with Crippen LogP contribution in [0.4, 0.5) is 0 Å². The lowest BCUT2D eigenvalue weighted by atomic mass is 9.52. The van der Waals surface area contributed by atoms with Crippen molar-refractivity contribution in [2.24, 2.45) is 10.8 Å². The number of methoxy groups -OCH3 is 2. The van der Waals surface area contributed by atoms with E-state index in [-0.39, 0.29) is 79.8 Å². The van der Waals surface area contributed by atoms with Crippen LogP contribution in [0.1, 0.15) is 151 Å². The Balaban J connectivity index is 1.04. The van der Waals surface area contributed by atoms with E-state index in [1.165, 1.54) is 22.3 Å². The van der Waals surface area contributed by atoms with Crippen molar-refractivity contribution in [1.29, 1.82) is 0 Å². The first-order valence-electron chi connectivity index (χ1n) is 27.8. The average molecular weight is 1060 g/mol. The summed E-state index contributed by atoms with van der Waals surface area (Å²) < 4.78 is 36.2. The van der Waals surface area contributed by atoms with Gasteiger partial charge in [0, 0.05) is 52.3 Å². The highest BCUT2D eigenvalue weighted by Crippen LogP contribution is 2.67. The van der Waals surface area contributed by atoms with Crippen LogP contribution in [0.3, 0.4) is 0 Å². The molecule has 6 aromatic carbocycles. The minimum Gasteiger partial charge on any atom is -0.497 e. The van der Waals surface area contributed by atoms with Crippen molar-refractivity contribution in [3.63, 3.8) is 0 Å². The van der Waals surface area contributed by atoms with Crippen LogP contribution in [-0.4, -0.2) is 61.5 Å². The van der Waals surface area contributed by atoms with Crippen LogP contribution in [-0.2, 0) is 48.1 Å². The van der Waals surface area contributed by atoms with Crippen molar-refractivity contribution >= 4 is 34.6 Å². The fourth-order valence-electron chi connectivity index (χ4n) is 13.1. The molecule has 11 nitrogen and oxygen atoms in total. The summed E-state index contributed by atoms with van der Waals surface area (Å²) in [6.45, 7) is 13.5. The fraction of sp³-hybridized carbons (Fsp3) is 0.418. The van der Waals surface area contributed by atoms with Gasteiger partial charge in [-0.25, -0.2) is 0 Å². The maximum Gasteiger partial charge on any atom is 0.306 e. The number of fused-ring (bicyclic) bond motifs is 10. The zero-order chi connectivity index (χ0) is 55.4. The first-order chi connectivity index (χ1) is 37.5. The van der Waals surface area contributed by atoms with E-state index in [2.05, 4.69) is 76.2 Å². The Morgan fingerprint density at radius 2 is 1.37 bits per heavy atom. The average Bonchev–Trinajstić information content (AvgIpc) is 3.53. The second-order valence-electron chi connectivity index (χ2n) is 23.2. The second-order valence-corrected chi connectivity index (χ2v) is 23.2. The van der Waals surface area contributed by atoms with Crippen molar-refractivity contribution in [2.45, 2.75) is 143 Å². The molecule has 2 unspecified atom stereocenters. The zero-order valence-corrected chi connectivity index (χ0v) is 46.7. The number of hydrogen-bond acceptors (Lipinski definition) is 11. The lowest BCUT2D eigenvalue weighted by Gasteiger charge is -2.52. The van der Waals surface area contributed by atoms with Gasteiger partial charge < -0.3 is 38.6 Å². The van der Waals surface area contributed by atoms with Gasteiger partial charge in [-0.3, -0.25) is 14.4 Å². The molecule has 1 spiro atoms. The first kappa shape index (κ1) is 55.8. The maximum absolute atomic E-state index is 12.9. The molecule has 1 saturated carbocycles. The lowest BCUT2D eigenvalue weighted by Crippen LogP contribution is -2.44. The van der Waals surface area contributed by atoms with Crippen LogP contribution >= 0.6 is 0 Å². The number of esters is 2. The number of Topliss-reactive ketones (excluding diaryl/α,β-unsaturated/α-hetero) is 1. The zero-order valence-electron chi connectivity index (χ0n) is 46.7. The Morgan fingerprint density at radius 1 is 0.667 bits per heavy atom. The number of carbonyl (C=O) groups excluding carboxylic acids is 3. The summed E-state index contributed by atoms with van der Waals surface area (Å²) in [6, 6.07) is 34.7. The van der Waals surface area contributed by atoms with Gasteiger partial charge >= 0.3 is 11.9 Å². The van der Waals surface area contributed by atoms with E-state index in [0.29, 0.717) is 42.1 Å². The highest BCUT2D eigenvalue weighted by molar-refractivity contribution is 6.10. The number of hydrogen-bond donors (Lipinski definition) is 2. The smallest absolute Gasteiger partial charge is 0.306 e. The van der Waals surface area contributed by atoms with E-state index in [1.807, 2.05) is 80.6 Å². The molecular formula is C67H76O11. The summed E-state index contributed by atoms with van der Waals surface area (Å²) in [5.74, 6) is 1.89. The van der Waals surface area contributed by atoms with E-state index >= 15 is 0 Å². The summed E-state index contributed by atoms with van der Waals surface area (Å²) in [6.07, 6.45) is 10.7. The quantitative estimate of drug-likeness (QED) is 0.0495. The number of carbonyl (C=O) groups is 3. The van der Waals surface area contributed by atoms with Crippen LogP contribution in [0.2, 0.25) is 0 Å². The Kier molecular flexibility index (Phi) is 16.6. The molecule has 1 aliphatic heterocycles. The molecule has 0 radical (unpaired) electrons. The molecule has 2 aliphatic carbocycles. The minimum atomic E-state index is -1.14. The van der Waals surface area contributed by atoms with E-state index in [9.17, 15) is 24.6 Å². The molecule has 1 fully saturated rings. The molecule has 11 heteroatoms. The maximum atomic E-state index is 12.9. The molecule has 78 heavy (non-hydrogen) atoms. The molecule has 0 saturated heterocycles. The summed E-state index contributed by atoms with van der Waals surface area (Å²) in [4.78, 5) is 37.2. The molecule has 0 bridgehead atoms. The highest BCUT2D eigenvalue weighted by Gasteiger charge is 2.55. The minimum absolute atomic E-state index is 0.00271. The summed E-state index contributed by atoms with van der Waals surface area (Å²) in [5, 5.41) is 23.3. The van der Waals surface area contributed by atoms with Gasteiger partial charge in [-0.05, 0) is 156 Å². The van der Waals surface area contributed by atoms with Crippen LogP contribution in [0.25, 0.3) is 39.1 Å². The third-order valence-corrected chi connectivity index (χ3v) is 16.1. The molecule has 410 valence electrons. The normalized spacial score (nSPS) is 17.6. The summed E-state index contributed by atoms with van der Waals surface area (Å²) >= 11 is 0. The van der Waals surface area contributed by atoms with Crippen LogP contribution in [0, 0.1) is 10.8 Å². The standard InChI is InChI=1S/C67H76O11/c1-9-43(2)77-60(72)17-11-10-14-33-76-59(71)29-23-48(70)31-34-75-50-26-21-47(22-27-50)67(46-19-24-49(73-7)25-20-46)32-30-53-62-61(52-15-12-13-16-57(52)66(62)41-64(3,4)40-65(5,6)42-66)55-37-54(45(39-69)36-56(55)63(53)78-67)51-28-18-44(38-68)35-58(51)74-8/h12-13,15-16,18-22,24-28,30,32,35-37,43,68-69H,9-11,14,17,23,29,31,33-34,38-42H2,1-8H3. The molecule has 3 aliphatic rings. The Labute approximate surface area is 459 Å². The van der Waals surface area contributed by atoms with Crippen LogP contribution in [0.5, 0.6) is 23.0 Å². The van der Waals surface area contributed by atoms with Crippen molar-refractivity contribution < 1.29 is 53.0 Å². The molecule has 0 amide bonds. The predicted octanol–water partition coefficient (Wildman–Crippen LogP) is 13.9. The number of ether oxygens (including phenoxy) is 6. The van der Waals surface area contributed by atoms with E-state index in [4.69, 9.17) is 28.4 Å². The Hall–Kier alpha value is -6.95. The molecule has 0 aromatic heterocycles. The van der Waals surface area contributed by atoms with Gasteiger partial charge in [0.05, 0.1) is 53.2 Å². The van der Waals surface area contributed by atoms with Crippen molar-refractivity contribution in [1.82, 2.24) is 0 Å². The van der Waals surface area contributed by atoms with Crippen molar-refractivity contribution in [3.8, 4) is 45.3 Å². The summed E-state index contributed by atoms with van der Waals surface area (Å²) in [5.41, 5.74) is 9.32. The van der Waals surface area contributed by atoms with Crippen LogP contribution in [0.15, 0.2) is 109 Å². The molecule has 1 heterocycles. The number of unbranched alkanes of at least 4 members (excludes halogenated alkanes) is 2. The van der Waals surface area contributed by atoms with E-state index in [1.54, 1.807) is 14.2 Å². The van der Waals surface area contributed by atoms with Gasteiger partial charge in [0.15, 0.2) is 5.60 Å². The summed E-state index contributed by atoms with van der Waals surface area (Å²) in [7, 11) is 3.28. The molecule has 9 rings (SSSR count). The molecular weight excluding hydrogens is 981 g/mol. The van der Waals surface area contributed by atoms with Gasteiger partial charge in [-0.15, -0.1) is 0 Å². The number of rotatable bonds is 22. The third-order valence-electron chi connectivity index (χ3n) is 16.1. The predicted molar refractivity (Wildman–Crippen MR) is 305 cm³/mol. The van der Waals surface area contributed by atoms with Crippen molar-refractivity contribution in [3.05, 3.63) is 148 Å². The first-order valence-corrected chi connectivity index (χ1v) is 27.8. The third kappa shape index (κ3) is 11.3. The Morgan fingerprint density at radius 3 is 2.04 bits per heavy atom. The highest BCUT2D eigenvalue weighted by atomic mass is 16.5. The topological polar surface area (TPSA) is 147 Å². The largest absolute Gasteiger partial charge is 0.497 e. The molecule has 6 aromatic rings. The lowest BCUT2D eigenvalue weighted by molar-refractivity contribution is -0.149. The molecule has 2 N–H and O–H groups in total. The number of ketones is 1. The molecule has 2 atom stereocenters. The second kappa shape index (κ2) is 23.2. The Bertz CT molecular complexity index is 3190. The van der Waals surface area contributed by atoms with Crippen LogP contribution < -0.4 is 18.9 Å². The van der Waals surface area contributed by atoms with Gasteiger partial charge in [0.1, 0.15) is 28.8 Å².